The Morgan fingerprint density at radius 3 is 2.18 bits per heavy atom. The molecule has 3 aromatic rings. The highest BCUT2D eigenvalue weighted by molar-refractivity contribution is 6.70. The monoisotopic (exact) mass is 392 g/mol. The van der Waals surface area contributed by atoms with E-state index < -0.39 is 5.60 Å². The molecule has 1 fully saturated rings. The number of aromatic amines is 1. The molecule has 3 N–H and O–H groups in total. The van der Waals surface area contributed by atoms with E-state index in [1.165, 1.54) is 11.1 Å². The molecule has 2 aromatic carbocycles. The first-order chi connectivity index (χ1) is 13.6. The van der Waals surface area contributed by atoms with Gasteiger partial charge in [-0.15, -0.1) is 0 Å². The number of benzene rings is 2. The van der Waals surface area contributed by atoms with Gasteiger partial charge in [-0.1, -0.05) is 72.3 Å². The van der Waals surface area contributed by atoms with Crippen molar-refractivity contribution in [3.8, 4) is 0 Å². The summed E-state index contributed by atoms with van der Waals surface area (Å²) in [7, 11) is 0. The molecule has 2 heterocycles. The topological polar surface area (TPSA) is 75.5 Å². The van der Waals surface area contributed by atoms with Crippen LogP contribution in [0.2, 0.25) is 0 Å². The predicted octanol–water partition coefficient (Wildman–Crippen LogP) is 3.90. The molecule has 5 nitrogen and oxygen atoms in total. The third-order valence-electron chi connectivity index (χ3n) is 5.16. The van der Waals surface area contributed by atoms with Gasteiger partial charge in [-0.25, -0.2) is 4.99 Å². The number of halogens is 1. The van der Waals surface area contributed by atoms with Gasteiger partial charge in [0.2, 0.25) is 0 Å². The molecule has 28 heavy (non-hydrogen) atoms. The summed E-state index contributed by atoms with van der Waals surface area (Å²) in [6.45, 7) is 0.947. The third-order valence-corrected chi connectivity index (χ3v) is 5.44. The number of rotatable bonds is 6. The van der Waals surface area contributed by atoms with Crippen LogP contribution in [0, 0.1) is 5.41 Å². The van der Waals surface area contributed by atoms with E-state index in [2.05, 4.69) is 39.1 Å². The van der Waals surface area contributed by atoms with Gasteiger partial charge in [-0.05, 0) is 17.2 Å². The largest absolute Gasteiger partial charge is 0.382 e. The summed E-state index contributed by atoms with van der Waals surface area (Å²) in [6.07, 6.45) is 2.63. The maximum Gasteiger partial charge on any atom is 0.154 e. The van der Waals surface area contributed by atoms with Crippen LogP contribution in [0.1, 0.15) is 28.4 Å². The summed E-state index contributed by atoms with van der Waals surface area (Å²) in [5.41, 5.74) is 2.62. The van der Waals surface area contributed by atoms with Gasteiger partial charge >= 0.3 is 0 Å². The minimum absolute atomic E-state index is 0.0655. The zero-order valence-corrected chi connectivity index (χ0v) is 16.0. The second kappa shape index (κ2) is 7.72. The van der Waals surface area contributed by atoms with Crippen molar-refractivity contribution in [3.05, 3.63) is 95.3 Å². The summed E-state index contributed by atoms with van der Waals surface area (Å²) >= 11 is 6.17. The molecule has 0 radical (unpaired) electrons. The van der Waals surface area contributed by atoms with Crippen molar-refractivity contribution >= 4 is 23.1 Å². The van der Waals surface area contributed by atoms with E-state index >= 15 is 0 Å². The third kappa shape index (κ3) is 3.40. The van der Waals surface area contributed by atoms with Gasteiger partial charge < -0.3 is 10.1 Å². The van der Waals surface area contributed by atoms with Gasteiger partial charge in [0, 0.05) is 24.8 Å². The number of β-amino-alcohol motifs (C(OH)–C–C–N with tert-alkyl or cyclic N) is 1. The smallest absolute Gasteiger partial charge is 0.154 e. The fraction of sp³-hybridized carbons (Fsp3) is 0.182. The standard InChI is InChI=1S/C22H21ClN4O/c23-21(26-15-24)19-18(11-12-25-19)22(28)13-27(14-22)20(16-7-3-1-4-8-16)17-9-5-2-6-10-17/h1-12,15,20,24-25,28H,13-14H2. The Hall–Kier alpha value is -2.73. The number of nitrogens with zero attached hydrogens (tertiary/aromatic N) is 2. The van der Waals surface area contributed by atoms with E-state index in [-0.39, 0.29) is 11.2 Å². The Morgan fingerprint density at radius 2 is 1.64 bits per heavy atom. The Balaban J connectivity index is 1.63. The van der Waals surface area contributed by atoms with E-state index in [4.69, 9.17) is 17.0 Å². The molecular formula is C22H21ClN4O. The molecule has 0 spiro atoms. The molecule has 0 saturated carbocycles. The van der Waals surface area contributed by atoms with Crippen LogP contribution in [0.3, 0.4) is 0 Å². The molecular weight excluding hydrogens is 372 g/mol. The van der Waals surface area contributed by atoms with Crippen LogP contribution in [-0.4, -0.2) is 39.6 Å². The van der Waals surface area contributed by atoms with Gasteiger partial charge in [0.1, 0.15) is 11.9 Å². The average Bonchev–Trinajstić information content (AvgIpc) is 3.19. The van der Waals surface area contributed by atoms with Crippen LogP contribution in [-0.2, 0) is 5.60 Å². The van der Waals surface area contributed by atoms with Gasteiger partial charge in [0.25, 0.3) is 0 Å². The van der Waals surface area contributed by atoms with Gasteiger partial charge in [-0.3, -0.25) is 10.3 Å². The Kier molecular flexibility index (Phi) is 5.13. The van der Waals surface area contributed by atoms with Crippen molar-refractivity contribution in [1.82, 2.24) is 9.88 Å². The van der Waals surface area contributed by atoms with E-state index in [1.54, 1.807) is 6.20 Å². The van der Waals surface area contributed by atoms with Crippen molar-refractivity contribution in [2.24, 2.45) is 4.99 Å². The van der Waals surface area contributed by atoms with Crippen molar-refractivity contribution in [2.75, 3.05) is 13.1 Å². The lowest BCUT2D eigenvalue weighted by molar-refractivity contribution is -0.116. The lowest BCUT2D eigenvalue weighted by Crippen LogP contribution is -2.60. The SMILES string of the molecule is N=CN=C(Cl)c1[nH]ccc1C1(O)CN(C(c2ccccc2)c2ccccc2)C1. The van der Waals surface area contributed by atoms with E-state index in [9.17, 15) is 5.11 Å². The fourth-order valence-corrected chi connectivity index (χ4v) is 4.12. The zero-order chi connectivity index (χ0) is 19.6. The summed E-state index contributed by atoms with van der Waals surface area (Å²) in [4.78, 5) is 9.10. The minimum atomic E-state index is -1.02. The zero-order valence-electron chi connectivity index (χ0n) is 15.2. The van der Waals surface area contributed by atoms with Crippen molar-refractivity contribution in [2.45, 2.75) is 11.6 Å². The predicted molar refractivity (Wildman–Crippen MR) is 112 cm³/mol. The quantitative estimate of drug-likeness (QED) is 0.439. The van der Waals surface area contributed by atoms with E-state index in [0.717, 1.165) is 6.34 Å². The molecule has 0 bridgehead atoms. The number of nitrogens with one attached hydrogen (secondary N) is 2. The number of aliphatic imine (C=N–C) groups is 1. The summed E-state index contributed by atoms with van der Waals surface area (Å²) in [5.74, 6) is 0. The maximum absolute atomic E-state index is 11.2. The Bertz CT molecular complexity index is 939. The lowest BCUT2D eigenvalue weighted by atomic mass is 9.82. The second-order valence-corrected chi connectivity index (χ2v) is 7.33. The van der Waals surface area contributed by atoms with Gasteiger partial charge in [-0.2, -0.15) is 0 Å². The lowest BCUT2D eigenvalue weighted by Gasteiger charge is -2.50. The number of aliphatic hydroxyl groups is 1. The molecule has 0 unspecified atom stereocenters. The Labute approximate surface area is 168 Å². The minimum Gasteiger partial charge on any atom is -0.382 e. The molecule has 1 aliphatic rings. The van der Waals surface area contributed by atoms with Crippen LogP contribution >= 0.6 is 11.6 Å². The number of H-pyrrole nitrogens is 1. The van der Waals surface area contributed by atoms with Crippen molar-refractivity contribution in [3.63, 3.8) is 0 Å². The summed E-state index contributed by atoms with van der Waals surface area (Å²) in [6, 6.07) is 22.5. The van der Waals surface area contributed by atoms with E-state index in [1.807, 2.05) is 42.5 Å². The molecule has 0 atom stereocenters. The molecule has 1 aromatic heterocycles. The number of hydrogen-bond acceptors (Lipinski definition) is 3. The molecule has 4 rings (SSSR count). The van der Waals surface area contributed by atoms with Crippen molar-refractivity contribution < 1.29 is 5.11 Å². The molecule has 1 aliphatic heterocycles. The highest BCUT2D eigenvalue weighted by Crippen LogP contribution is 2.41. The van der Waals surface area contributed by atoms with Crippen LogP contribution in [0.4, 0.5) is 0 Å². The fourth-order valence-electron chi connectivity index (χ4n) is 3.91. The number of aromatic nitrogens is 1. The Morgan fingerprint density at radius 1 is 1.07 bits per heavy atom. The first-order valence-corrected chi connectivity index (χ1v) is 9.47. The first-order valence-electron chi connectivity index (χ1n) is 9.09. The molecule has 1 saturated heterocycles. The highest BCUT2D eigenvalue weighted by Gasteiger charge is 2.47. The van der Waals surface area contributed by atoms with Crippen LogP contribution < -0.4 is 0 Å². The molecule has 6 heteroatoms. The molecule has 142 valence electrons. The summed E-state index contributed by atoms with van der Waals surface area (Å²) < 4.78 is 0. The average molecular weight is 393 g/mol. The molecule has 0 amide bonds. The van der Waals surface area contributed by atoms with E-state index in [0.29, 0.717) is 24.3 Å². The van der Waals surface area contributed by atoms with Crippen molar-refractivity contribution in [1.29, 1.82) is 5.41 Å². The molecule has 0 aliphatic carbocycles. The number of likely N-dealkylation sites (tertiary alicyclic amines) is 1. The van der Waals surface area contributed by atoms with Gasteiger partial charge in [0.15, 0.2) is 5.17 Å². The first kappa shape index (κ1) is 18.6. The van der Waals surface area contributed by atoms with Crippen LogP contribution in [0.15, 0.2) is 77.9 Å². The maximum atomic E-state index is 11.2. The normalized spacial score (nSPS) is 16.8. The summed E-state index contributed by atoms with van der Waals surface area (Å²) in [5, 5.41) is 18.5. The highest BCUT2D eigenvalue weighted by atomic mass is 35.5. The van der Waals surface area contributed by atoms with Gasteiger partial charge in [0.05, 0.1) is 11.7 Å². The number of hydrogen-bond donors (Lipinski definition) is 3. The van der Waals surface area contributed by atoms with Crippen LogP contribution in [0.5, 0.6) is 0 Å². The second-order valence-electron chi connectivity index (χ2n) is 6.98. The van der Waals surface area contributed by atoms with Crippen LogP contribution in [0.25, 0.3) is 0 Å².